The Morgan fingerprint density at radius 1 is 1.15 bits per heavy atom. The number of carbonyl (C=O) groups is 2. The molecule has 7 heteroatoms. The van der Waals surface area contributed by atoms with E-state index in [2.05, 4.69) is 16.8 Å². The number of nitrogens with zero attached hydrogens (tertiary/aromatic N) is 3. The number of benzene rings is 1. The minimum atomic E-state index is -0.405. The Balaban J connectivity index is 2.17. The number of amides is 1. The van der Waals surface area contributed by atoms with E-state index in [1.807, 2.05) is 31.3 Å². The highest BCUT2D eigenvalue weighted by Crippen LogP contribution is 2.27. The fraction of sp³-hybridized carbons (Fsp3) is 0.421. The number of esters is 1. The van der Waals surface area contributed by atoms with Crippen LogP contribution < -0.4 is 9.80 Å². The van der Waals surface area contributed by atoms with Gasteiger partial charge in [0.25, 0.3) is 5.91 Å². The van der Waals surface area contributed by atoms with Gasteiger partial charge in [-0.3, -0.25) is 9.69 Å². The second-order valence-corrected chi connectivity index (χ2v) is 6.94. The number of aromatic nitrogens is 1. The first kappa shape index (κ1) is 19.9. The van der Waals surface area contributed by atoms with Gasteiger partial charge in [-0.05, 0) is 44.5 Å². The number of aryl methyl sites for hydroxylation is 1. The van der Waals surface area contributed by atoms with Crippen molar-refractivity contribution < 1.29 is 14.3 Å². The largest absolute Gasteiger partial charge is 0.462 e. The van der Waals surface area contributed by atoms with Crippen LogP contribution in [-0.4, -0.2) is 44.1 Å². The summed E-state index contributed by atoms with van der Waals surface area (Å²) in [6.07, 6.45) is 1.06. The van der Waals surface area contributed by atoms with Crippen molar-refractivity contribution >= 4 is 34.0 Å². The molecule has 140 valence electrons. The molecule has 6 nitrogen and oxygen atoms in total. The highest BCUT2D eigenvalue weighted by atomic mass is 32.1. The van der Waals surface area contributed by atoms with E-state index < -0.39 is 5.97 Å². The zero-order valence-corrected chi connectivity index (χ0v) is 16.7. The quantitative estimate of drug-likeness (QED) is 0.690. The van der Waals surface area contributed by atoms with Crippen LogP contribution in [0.1, 0.15) is 46.0 Å². The third-order valence-corrected chi connectivity index (χ3v) is 5.17. The summed E-state index contributed by atoms with van der Waals surface area (Å²) in [5.74, 6) is -0.572. The molecular weight excluding hydrogens is 350 g/mol. The molecule has 0 aliphatic carbocycles. The van der Waals surface area contributed by atoms with Gasteiger partial charge in [0.15, 0.2) is 5.13 Å². The van der Waals surface area contributed by atoms with Crippen LogP contribution in [0.5, 0.6) is 0 Å². The number of carbonyl (C=O) groups excluding carboxylic acids is 2. The SMILES string of the molecule is CCCN(C)c1ccc(C(=O)N(C)c2nc(C)c(C(=O)OCC)s2)cc1. The minimum Gasteiger partial charge on any atom is -0.462 e. The van der Waals surface area contributed by atoms with E-state index >= 15 is 0 Å². The van der Waals surface area contributed by atoms with Crippen molar-refractivity contribution in [2.24, 2.45) is 0 Å². The molecule has 0 aliphatic heterocycles. The summed E-state index contributed by atoms with van der Waals surface area (Å²) in [5, 5.41) is 0.475. The summed E-state index contributed by atoms with van der Waals surface area (Å²) in [7, 11) is 3.69. The lowest BCUT2D eigenvalue weighted by molar-refractivity contribution is 0.0531. The van der Waals surface area contributed by atoms with Gasteiger partial charge < -0.3 is 9.64 Å². The molecule has 0 radical (unpaired) electrons. The molecule has 0 atom stereocenters. The van der Waals surface area contributed by atoms with Crippen molar-refractivity contribution in [2.75, 3.05) is 37.0 Å². The number of thiazole rings is 1. The van der Waals surface area contributed by atoms with Crippen LogP contribution in [0.15, 0.2) is 24.3 Å². The lowest BCUT2D eigenvalue weighted by Crippen LogP contribution is -2.26. The number of anilines is 2. The highest BCUT2D eigenvalue weighted by molar-refractivity contribution is 7.17. The van der Waals surface area contributed by atoms with Gasteiger partial charge in [-0.2, -0.15) is 0 Å². The Bertz CT molecular complexity index is 771. The van der Waals surface area contributed by atoms with Gasteiger partial charge in [0.1, 0.15) is 4.88 Å². The Morgan fingerprint density at radius 2 is 1.81 bits per heavy atom. The van der Waals surface area contributed by atoms with E-state index in [0.29, 0.717) is 27.9 Å². The van der Waals surface area contributed by atoms with Crippen molar-refractivity contribution in [3.63, 3.8) is 0 Å². The molecule has 2 rings (SSSR count). The Kier molecular flexibility index (Phi) is 6.74. The van der Waals surface area contributed by atoms with Crippen LogP contribution in [0.4, 0.5) is 10.8 Å². The summed E-state index contributed by atoms with van der Waals surface area (Å²) >= 11 is 1.16. The van der Waals surface area contributed by atoms with E-state index in [1.165, 1.54) is 4.90 Å². The molecule has 1 aromatic carbocycles. The van der Waals surface area contributed by atoms with Gasteiger partial charge >= 0.3 is 5.97 Å². The van der Waals surface area contributed by atoms with E-state index in [0.717, 1.165) is 30.0 Å². The van der Waals surface area contributed by atoms with Crippen LogP contribution in [-0.2, 0) is 4.74 Å². The molecule has 26 heavy (non-hydrogen) atoms. The van der Waals surface area contributed by atoms with Crippen LogP contribution in [0.3, 0.4) is 0 Å². The summed E-state index contributed by atoms with van der Waals surface area (Å²) < 4.78 is 5.03. The topological polar surface area (TPSA) is 62.7 Å². The Morgan fingerprint density at radius 3 is 2.38 bits per heavy atom. The van der Waals surface area contributed by atoms with Crippen LogP contribution >= 0.6 is 11.3 Å². The molecule has 0 N–H and O–H groups in total. The van der Waals surface area contributed by atoms with Crippen LogP contribution in [0.2, 0.25) is 0 Å². The normalized spacial score (nSPS) is 10.5. The van der Waals surface area contributed by atoms with Crippen molar-refractivity contribution in [1.29, 1.82) is 0 Å². The first-order valence-electron chi connectivity index (χ1n) is 8.62. The molecule has 0 saturated heterocycles. The van der Waals surface area contributed by atoms with E-state index in [1.54, 1.807) is 20.9 Å². The van der Waals surface area contributed by atoms with Gasteiger partial charge in [0.2, 0.25) is 0 Å². The average Bonchev–Trinajstić information content (AvgIpc) is 3.03. The number of hydrogen-bond acceptors (Lipinski definition) is 6. The predicted molar refractivity (Wildman–Crippen MR) is 106 cm³/mol. The molecule has 2 aromatic rings. The number of rotatable bonds is 7. The predicted octanol–water partition coefficient (Wildman–Crippen LogP) is 3.75. The molecular formula is C19H25N3O3S. The maximum atomic E-state index is 12.7. The smallest absolute Gasteiger partial charge is 0.350 e. The standard InChI is InChI=1S/C19H25N3O3S/c1-6-12-21(4)15-10-8-14(9-11-15)17(23)22(5)19-20-13(3)16(26-19)18(24)25-7-2/h8-11H,6-7,12H2,1-5H3. The fourth-order valence-electron chi connectivity index (χ4n) is 2.52. The maximum Gasteiger partial charge on any atom is 0.350 e. The molecule has 1 amide bonds. The van der Waals surface area contributed by atoms with Crippen molar-refractivity contribution in [3.05, 3.63) is 40.4 Å². The Hall–Kier alpha value is -2.41. The zero-order valence-electron chi connectivity index (χ0n) is 15.9. The van der Waals surface area contributed by atoms with E-state index in [-0.39, 0.29) is 5.91 Å². The monoisotopic (exact) mass is 375 g/mol. The molecule has 0 unspecified atom stereocenters. The molecule has 0 bridgehead atoms. The first-order chi connectivity index (χ1) is 12.4. The molecule has 1 heterocycles. The lowest BCUT2D eigenvalue weighted by atomic mass is 10.1. The van der Waals surface area contributed by atoms with Crippen molar-refractivity contribution in [3.8, 4) is 0 Å². The molecule has 0 fully saturated rings. The van der Waals surface area contributed by atoms with Crippen molar-refractivity contribution in [1.82, 2.24) is 4.98 Å². The zero-order chi connectivity index (χ0) is 19.3. The minimum absolute atomic E-state index is 0.168. The highest BCUT2D eigenvalue weighted by Gasteiger charge is 2.22. The Labute approximate surface area is 158 Å². The van der Waals surface area contributed by atoms with E-state index in [4.69, 9.17) is 4.74 Å². The van der Waals surface area contributed by atoms with Crippen LogP contribution in [0.25, 0.3) is 0 Å². The summed E-state index contributed by atoms with van der Waals surface area (Å²) in [6, 6.07) is 7.50. The maximum absolute atomic E-state index is 12.7. The number of ether oxygens (including phenoxy) is 1. The van der Waals surface area contributed by atoms with Crippen molar-refractivity contribution in [2.45, 2.75) is 27.2 Å². The average molecular weight is 375 g/mol. The van der Waals surface area contributed by atoms with Gasteiger partial charge in [0.05, 0.1) is 12.3 Å². The second kappa shape index (κ2) is 8.80. The van der Waals surface area contributed by atoms with Gasteiger partial charge in [-0.25, -0.2) is 9.78 Å². The summed E-state index contributed by atoms with van der Waals surface area (Å²) in [5.41, 5.74) is 2.21. The summed E-state index contributed by atoms with van der Waals surface area (Å²) in [4.78, 5) is 33.1. The third kappa shape index (κ3) is 4.40. The summed E-state index contributed by atoms with van der Waals surface area (Å²) in [6.45, 7) is 6.89. The molecule has 0 spiro atoms. The fourth-order valence-corrected chi connectivity index (χ4v) is 3.44. The molecule has 1 aromatic heterocycles. The third-order valence-electron chi connectivity index (χ3n) is 3.95. The van der Waals surface area contributed by atoms with Crippen LogP contribution in [0, 0.1) is 6.92 Å². The van der Waals surface area contributed by atoms with Gasteiger partial charge in [-0.1, -0.05) is 18.3 Å². The second-order valence-electron chi connectivity index (χ2n) is 5.96. The van der Waals surface area contributed by atoms with Gasteiger partial charge in [0, 0.05) is 31.9 Å². The molecule has 0 saturated carbocycles. The molecule has 0 aliphatic rings. The lowest BCUT2D eigenvalue weighted by Gasteiger charge is -2.19. The van der Waals surface area contributed by atoms with E-state index in [9.17, 15) is 9.59 Å². The van der Waals surface area contributed by atoms with Gasteiger partial charge in [-0.15, -0.1) is 0 Å². The first-order valence-corrected chi connectivity index (χ1v) is 9.44. The number of hydrogen-bond donors (Lipinski definition) is 0.